The van der Waals surface area contributed by atoms with Crippen molar-refractivity contribution in [2.24, 2.45) is 0 Å². The fraction of sp³-hybridized carbons (Fsp3) is 0.500. The van der Waals surface area contributed by atoms with Crippen LogP contribution in [0.5, 0.6) is 0 Å². The van der Waals surface area contributed by atoms with Crippen LogP contribution in [0.3, 0.4) is 0 Å². The molecule has 0 saturated heterocycles. The Labute approximate surface area is 122 Å². The van der Waals surface area contributed by atoms with Gasteiger partial charge in [0.25, 0.3) is 0 Å². The van der Waals surface area contributed by atoms with Gasteiger partial charge in [-0.15, -0.1) is 0 Å². The van der Waals surface area contributed by atoms with E-state index in [-0.39, 0.29) is 11.4 Å². The van der Waals surface area contributed by atoms with E-state index < -0.39 is 15.8 Å². The highest BCUT2D eigenvalue weighted by Gasteiger charge is 2.12. The Morgan fingerprint density at radius 2 is 2.05 bits per heavy atom. The number of hydrogen-bond acceptors (Lipinski definition) is 3. The molecule has 7 heteroatoms. The summed E-state index contributed by atoms with van der Waals surface area (Å²) in [5.74, 6) is -0.450. The average Bonchev–Trinajstić information content (AvgIpc) is 2.33. The maximum absolute atomic E-state index is 13.0. The van der Waals surface area contributed by atoms with Crippen molar-refractivity contribution in [3.63, 3.8) is 0 Å². The van der Waals surface area contributed by atoms with Crippen molar-refractivity contribution < 1.29 is 12.8 Å². The Kier molecular flexibility index (Phi) is 6.74. The highest BCUT2D eigenvalue weighted by atomic mass is 79.9. The largest absolute Gasteiger partial charge is 0.317 e. The molecule has 4 nitrogen and oxygen atoms in total. The molecule has 0 saturated carbocycles. The van der Waals surface area contributed by atoms with Crippen LogP contribution < -0.4 is 10.0 Å². The minimum atomic E-state index is -3.44. The van der Waals surface area contributed by atoms with E-state index in [1.54, 1.807) is 0 Å². The molecule has 108 valence electrons. The molecule has 0 amide bonds. The van der Waals surface area contributed by atoms with Crippen LogP contribution in [0, 0.1) is 5.82 Å². The van der Waals surface area contributed by atoms with Crippen LogP contribution >= 0.6 is 15.9 Å². The van der Waals surface area contributed by atoms with Crippen molar-refractivity contribution in [2.45, 2.75) is 19.8 Å². The SMILES string of the molecule is CCNCCCCS(=O)(=O)Nc1cc(F)ccc1Br. The van der Waals surface area contributed by atoms with Crippen molar-refractivity contribution in [2.75, 3.05) is 23.6 Å². The van der Waals surface area contributed by atoms with Crippen molar-refractivity contribution in [3.8, 4) is 0 Å². The van der Waals surface area contributed by atoms with Gasteiger partial charge in [0.1, 0.15) is 5.82 Å². The van der Waals surface area contributed by atoms with Crippen molar-refractivity contribution in [1.82, 2.24) is 5.32 Å². The number of nitrogens with one attached hydrogen (secondary N) is 2. The van der Waals surface area contributed by atoms with Gasteiger partial charge in [0.05, 0.1) is 11.4 Å². The molecule has 1 rings (SSSR count). The van der Waals surface area contributed by atoms with E-state index >= 15 is 0 Å². The van der Waals surface area contributed by atoms with E-state index in [0.717, 1.165) is 25.6 Å². The molecule has 0 unspecified atom stereocenters. The summed E-state index contributed by atoms with van der Waals surface area (Å²) >= 11 is 3.18. The van der Waals surface area contributed by atoms with Crippen molar-refractivity contribution in [3.05, 3.63) is 28.5 Å². The monoisotopic (exact) mass is 352 g/mol. The number of sulfonamides is 1. The first kappa shape index (κ1) is 16.4. The summed E-state index contributed by atoms with van der Waals surface area (Å²) in [6.45, 7) is 3.68. The third-order valence-corrected chi connectivity index (χ3v) is 4.51. The highest BCUT2D eigenvalue weighted by Crippen LogP contribution is 2.24. The normalized spacial score (nSPS) is 11.5. The molecule has 0 aliphatic heterocycles. The lowest BCUT2D eigenvalue weighted by Gasteiger charge is -2.09. The first-order valence-electron chi connectivity index (χ1n) is 6.11. The summed E-state index contributed by atoms with van der Waals surface area (Å²) in [5, 5.41) is 3.13. The topological polar surface area (TPSA) is 58.2 Å². The van der Waals surface area contributed by atoms with Crippen molar-refractivity contribution >= 4 is 31.6 Å². The number of unbranched alkanes of at least 4 members (excludes halogenated alkanes) is 1. The number of benzene rings is 1. The van der Waals surface area contributed by atoms with E-state index in [4.69, 9.17) is 0 Å². The Hall–Kier alpha value is -0.660. The van der Waals surface area contributed by atoms with Gasteiger partial charge in [0.2, 0.25) is 10.0 Å². The molecule has 0 radical (unpaired) electrons. The van der Waals surface area contributed by atoms with Crippen LogP contribution in [0.25, 0.3) is 0 Å². The molecule has 0 atom stereocenters. The molecule has 1 aromatic rings. The summed E-state index contributed by atoms with van der Waals surface area (Å²) in [6, 6.07) is 3.89. The van der Waals surface area contributed by atoms with E-state index in [2.05, 4.69) is 26.0 Å². The van der Waals surface area contributed by atoms with Crippen LogP contribution in [-0.2, 0) is 10.0 Å². The zero-order valence-corrected chi connectivity index (χ0v) is 13.2. The van der Waals surface area contributed by atoms with E-state index in [1.165, 1.54) is 12.1 Å². The second-order valence-electron chi connectivity index (χ2n) is 4.11. The van der Waals surface area contributed by atoms with Crippen LogP contribution in [0.1, 0.15) is 19.8 Å². The third kappa shape index (κ3) is 6.35. The van der Waals surface area contributed by atoms with E-state index in [0.29, 0.717) is 10.9 Å². The Morgan fingerprint density at radius 1 is 1.32 bits per heavy atom. The van der Waals surface area contributed by atoms with Gasteiger partial charge in [-0.25, -0.2) is 12.8 Å². The van der Waals surface area contributed by atoms with Crippen LogP contribution in [0.4, 0.5) is 10.1 Å². The smallest absolute Gasteiger partial charge is 0.232 e. The maximum Gasteiger partial charge on any atom is 0.232 e. The summed E-state index contributed by atoms with van der Waals surface area (Å²) in [7, 11) is -3.44. The predicted octanol–water partition coefficient (Wildman–Crippen LogP) is 2.72. The molecular weight excluding hydrogens is 335 g/mol. The second kappa shape index (κ2) is 7.81. The van der Waals surface area contributed by atoms with Gasteiger partial charge >= 0.3 is 0 Å². The van der Waals surface area contributed by atoms with Gasteiger partial charge in [0, 0.05) is 4.47 Å². The average molecular weight is 353 g/mol. The fourth-order valence-electron chi connectivity index (χ4n) is 1.51. The first-order valence-corrected chi connectivity index (χ1v) is 8.55. The summed E-state index contributed by atoms with van der Waals surface area (Å²) in [6.07, 6.45) is 1.36. The zero-order chi connectivity index (χ0) is 14.3. The lowest BCUT2D eigenvalue weighted by atomic mass is 10.3. The van der Waals surface area contributed by atoms with Crippen LogP contribution in [0.15, 0.2) is 22.7 Å². The van der Waals surface area contributed by atoms with E-state index in [1.807, 2.05) is 6.92 Å². The van der Waals surface area contributed by atoms with Gasteiger partial charge in [-0.1, -0.05) is 6.92 Å². The second-order valence-corrected chi connectivity index (χ2v) is 6.80. The predicted molar refractivity (Wildman–Crippen MR) is 79.3 cm³/mol. The first-order chi connectivity index (χ1) is 8.94. The number of anilines is 1. The lowest BCUT2D eigenvalue weighted by Crippen LogP contribution is -2.19. The molecule has 0 aliphatic carbocycles. The third-order valence-electron chi connectivity index (χ3n) is 2.46. The molecule has 1 aromatic carbocycles. The molecule has 0 bridgehead atoms. The Balaban J connectivity index is 2.52. The minimum Gasteiger partial charge on any atom is -0.317 e. The lowest BCUT2D eigenvalue weighted by molar-refractivity contribution is 0.593. The Morgan fingerprint density at radius 3 is 2.74 bits per heavy atom. The van der Waals surface area contributed by atoms with Gasteiger partial charge in [0.15, 0.2) is 0 Å². The van der Waals surface area contributed by atoms with Gasteiger partial charge in [-0.2, -0.15) is 0 Å². The molecule has 0 heterocycles. The van der Waals surface area contributed by atoms with Crippen LogP contribution in [0.2, 0.25) is 0 Å². The van der Waals surface area contributed by atoms with Crippen molar-refractivity contribution in [1.29, 1.82) is 0 Å². The summed E-state index contributed by atoms with van der Waals surface area (Å²) in [4.78, 5) is 0. The summed E-state index contributed by atoms with van der Waals surface area (Å²) in [5.41, 5.74) is 0.228. The standard InChI is InChI=1S/C12H18BrFN2O2S/c1-2-15-7-3-4-8-19(17,18)16-12-9-10(14)5-6-11(12)13/h5-6,9,15-16H,2-4,7-8H2,1H3. The van der Waals surface area contributed by atoms with E-state index in [9.17, 15) is 12.8 Å². The fourth-order valence-corrected chi connectivity index (χ4v) is 3.18. The maximum atomic E-state index is 13.0. The number of hydrogen-bond donors (Lipinski definition) is 2. The molecule has 19 heavy (non-hydrogen) atoms. The van der Waals surface area contributed by atoms with Gasteiger partial charge in [-0.3, -0.25) is 4.72 Å². The minimum absolute atomic E-state index is 0.0291. The molecular formula is C12H18BrFN2O2S. The molecule has 0 aromatic heterocycles. The van der Waals surface area contributed by atoms with Crippen LogP contribution in [-0.4, -0.2) is 27.3 Å². The number of halogens is 2. The Bertz CT molecular complexity index is 508. The zero-order valence-electron chi connectivity index (χ0n) is 10.7. The van der Waals surface area contributed by atoms with Gasteiger partial charge < -0.3 is 5.32 Å². The highest BCUT2D eigenvalue weighted by molar-refractivity contribution is 9.10. The summed E-state index contributed by atoms with van der Waals surface area (Å²) < 4.78 is 39.6. The molecule has 0 fully saturated rings. The molecule has 0 spiro atoms. The number of rotatable bonds is 8. The molecule has 2 N–H and O–H groups in total. The quantitative estimate of drug-likeness (QED) is 0.707. The molecule has 0 aliphatic rings. The van der Waals surface area contributed by atoms with Gasteiger partial charge in [-0.05, 0) is 60.1 Å².